The number of aliphatic imine (C=N–C) groups is 1. The summed E-state index contributed by atoms with van der Waals surface area (Å²) in [7, 11) is 0. The Kier molecular flexibility index (Phi) is 4.93. The van der Waals surface area contributed by atoms with Gasteiger partial charge in [0.2, 0.25) is 0 Å². The molecule has 0 aliphatic carbocycles. The van der Waals surface area contributed by atoms with Crippen molar-refractivity contribution in [3.05, 3.63) is 59.4 Å². The molecule has 0 amide bonds. The second kappa shape index (κ2) is 6.88. The van der Waals surface area contributed by atoms with Gasteiger partial charge in [0.15, 0.2) is 5.96 Å². The molecule has 1 aromatic heterocycles. The van der Waals surface area contributed by atoms with Gasteiger partial charge in [-0.25, -0.2) is 4.99 Å². The molecule has 0 aliphatic heterocycles. The minimum absolute atomic E-state index is 0.414. The summed E-state index contributed by atoms with van der Waals surface area (Å²) < 4.78 is 0. The van der Waals surface area contributed by atoms with E-state index in [2.05, 4.69) is 47.3 Å². The van der Waals surface area contributed by atoms with Crippen molar-refractivity contribution in [2.45, 2.75) is 33.2 Å². The first-order valence-corrected chi connectivity index (χ1v) is 7.12. The first-order chi connectivity index (χ1) is 10.0. The van der Waals surface area contributed by atoms with E-state index in [1.54, 1.807) is 0 Å². The molecule has 0 fully saturated rings. The molecule has 0 atom stereocenters. The molecule has 2 rings (SSSR count). The highest BCUT2D eigenvalue weighted by atomic mass is 15.1. The molecule has 0 saturated heterocycles. The zero-order valence-corrected chi connectivity index (χ0v) is 12.8. The molecule has 0 aliphatic rings. The van der Waals surface area contributed by atoms with E-state index in [4.69, 9.17) is 5.73 Å². The smallest absolute Gasteiger partial charge is 0.193 e. The monoisotopic (exact) mass is 282 g/mol. The minimum atomic E-state index is 0.414. The van der Waals surface area contributed by atoms with Crippen LogP contribution in [-0.4, -0.2) is 10.9 Å². The van der Waals surface area contributed by atoms with E-state index < -0.39 is 0 Å². The number of pyridine rings is 1. The lowest BCUT2D eigenvalue weighted by Crippen LogP contribution is -2.22. The SMILES string of the molecule is Cc1cncc(CN=C(N)Nc2cccc(C(C)C)c2)c1. The Labute approximate surface area is 126 Å². The molecule has 1 aromatic carbocycles. The van der Waals surface area contributed by atoms with Crippen molar-refractivity contribution >= 4 is 11.6 Å². The number of aryl methyl sites for hydroxylation is 1. The average Bonchev–Trinajstić information content (AvgIpc) is 2.45. The molecule has 3 N–H and O–H groups in total. The Morgan fingerprint density at radius 3 is 2.81 bits per heavy atom. The van der Waals surface area contributed by atoms with Gasteiger partial charge in [-0.2, -0.15) is 0 Å². The lowest BCUT2D eigenvalue weighted by Gasteiger charge is -2.10. The molecule has 4 heteroatoms. The van der Waals surface area contributed by atoms with Crippen LogP contribution >= 0.6 is 0 Å². The van der Waals surface area contributed by atoms with Crippen LogP contribution in [0.4, 0.5) is 5.69 Å². The molecule has 1 heterocycles. The molecule has 0 bridgehead atoms. The Bertz CT molecular complexity index is 632. The van der Waals surface area contributed by atoms with Crippen molar-refractivity contribution in [3.63, 3.8) is 0 Å². The third-order valence-corrected chi connectivity index (χ3v) is 3.19. The molecule has 21 heavy (non-hydrogen) atoms. The minimum Gasteiger partial charge on any atom is -0.370 e. The summed E-state index contributed by atoms with van der Waals surface area (Å²) in [5.74, 6) is 0.903. The molecule has 110 valence electrons. The third kappa shape index (κ3) is 4.60. The molecular weight excluding hydrogens is 260 g/mol. The highest BCUT2D eigenvalue weighted by Crippen LogP contribution is 2.18. The molecule has 0 spiro atoms. The predicted molar refractivity (Wildman–Crippen MR) is 88.5 cm³/mol. The van der Waals surface area contributed by atoms with Crippen LogP contribution in [0.2, 0.25) is 0 Å². The fourth-order valence-corrected chi connectivity index (χ4v) is 2.04. The summed E-state index contributed by atoms with van der Waals surface area (Å²) in [4.78, 5) is 8.50. The van der Waals surface area contributed by atoms with Crippen LogP contribution < -0.4 is 11.1 Å². The molecule has 0 unspecified atom stereocenters. The number of hydrogen-bond acceptors (Lipinski definition) is 2. The highest BCUT2D eigenvalue weighted by Gasteiger charge is 2.01. The fourth-order valence-electron chi connectivity index (χ4n) is 2.04. The van der Waals surface area contributed by atoms with Crippen LogP contribution in [0.15, 0.2) is 47.7 Å². The number of rotatable bonds is 4. The van der Waals surface area contributed by atoms with Gasteiger partial charge in [0, 0.05) is 18.1 Å². The van der Waals surface area contributed by atoms with Crippen molar-refractivity contribution < 1.29 is 0 Å². The summed E-state index contributed by atoms with van der Waals surface area (Å²) >= 11 is 0. The Balaban J connectivity index is 2.02. The van der Waals surface area contributed by atoms with Crippen LogP contribution in [0.25, 0.3) is 0 Å². The van der Waals surface area contributed by atoms with Gasteiger partial charge in [0.1, 0.15) is 0 Å². The topological polar surface area (TPSA) is 63.3 Å². The lowest BCUT2D eigenvalue weighted by molar-refractivity contribution is 0.867. The van der Waals surface area contributed by atoms with E-state index in [0.717, 1.165) is 16.8 Å². The van der Waals surface area contributed by atoms with Crippen LogP contribution in [0.5, 0.6) is 0 Å². The summed E-state index contributed by atoms with van der Waals surface area (Å²) in [6.45, 7) is 6.87. The number of anilines is 1. The average molecular weight is 282 g/mol. The first kappa shape index (κ1) is 15.0. The van der Waals surface area contributed by atoms with Crippen molar-refractivity contribution in [2.75, 3.05) is 5.32 Å². The Hall–Kier alpha value is -2.36. The molecule has 4 nitrogen and oxygen atoms in total. The number of hydrogen-bond donors (Lipinski definition) is 2. The summed E-state index contributed by atoms with van der Waals surface area (Å²) in [5.41, 5.74) is 10.3. The van der Waals surface area contributed by atoms with Crippen molar-refractivity contribution in [3.8, 4) is 0 Å². The Morgan fingerprint density at radius 1 is 1.29 bits per heavy atom. The van der Waals surface area contributed by atoms with Gasteiger partial charge in [0.25, 0.3) is 0 Å². The van der Waals surface area contributed by atoms with E-state index in [1.165, 1.54) is 5.56 Å². The number of benzene rings is 1. The van der Waals surface area contributed by atoms with Gasteiger partial charge in [-0.1, -0.05) is 32.0 Å². The Morgan fingerprint density at radius 2 is 2.10 bits per heavy atom. The lowest BCUT2D eigenvalue weighted by atomic mass is 10.0. The summed E-state index contributed by atoms with van der Waals surface area (Å²) in [5, 5.41) is 3.13. The second-order valence-electron chi connectivity index (χ2n) is 5.48. The molecule has 2 aromatic rings. The largest absolute Gasteiger partial charge is 0.370 e. The molecular formula is C17H22N4. The zero-order chi connectivity index (χ0) is 15.2. The maximum atomic E-state index is 5.94. The van der Waals surface area contributed by atoms with Crippen LogP contribution in [0.1, 0.15) is 36.5 Å². The van der Waals surface area contributed by atoms with Gasteiger partial charge in [-0.3, -0.25) is 4.98 Å². The van der Waals surface area contributed by atoms with E-state index in [0.29, 0.717) is 18.4 Å². The third-order valence-electron chi connectivity index (χ3n) is 3.19. The summed E-state index contributed by atoms with van der Waals surface area (Å²) in [6, 6.07) is 10.3. The highest BCUT2D eigenvalue weighted by molar-refractivity contribution is 5.92. The van der Waals surface area contributed by atoms with E-state index in [1.807, 2.05) is 31.5 Å². The number of aromatic nitrogens is 1. The van der Waals surface area contributed by atoms with Crippen LogP contribution in [0, 0.1) is 6.92 Å². The van der Waals surface area contributed by atoms with Crippen molar-refractivity contribution in [1.29, 1.82) is 0 Å². The van der Waals surface area contributed by atoms with E-state index in [-0.39, 0.29) is 0 Å². The normalized spacial score (nSPS) is 11.7. The number of nitrogens with two attached hydrogens (primary N) is 1. The van der Waals surface area contributed by atoms with Crippen LogP contribution in [-0.2, 0) is 6.54 Å². The van der Waals surface area contributed by atoms with Gasteiger partial charge < -0.3 is 11.1 Å². The fraction of sp³-hybridized carbons (Fsp3) is 0.294. The van der Waals surface area contributed by atoms with Gasteiger partial charge in [-0.15, -0.1) is 0 Å². The van der Waals surface area contributed by atoms with Gasteiger partial charge >= 0.3 is 0 Å². The standard InChI is InChI=1S/C17H22N4/c1-12(2)15-5-4-6-16(8-15)21-17(18)20-11-14-7-13(3)9-19-10-14/h4-10,12H,11H2,1-3H3,(H3,18,20,21). The zero-order valence-electron chi connectivity index (χ0n) is 12.8. The second-order valence-corrected chi connectivity index (χ2v) is 5.48. The van der Waals surface area contributed by atoms with Crippen molar-refractivity contribution in [1.82, 2.24) is 4.98 Å². The van der Waals surface area contributed by atoms with Gasteiger partial charge in [0.05, 0.1) is 6.54 Å². The molecule has 0 radical (unpaired) electrons. The van der Waals surface area contributed by atoms with Crippen LogP contribution in [0.3, 0.4) is 0 Å². The van der Waals surface area contributed by atoms with Gasteiger partial charge in [-0.05, 0) is 41.7 Å². The number of nitrogens with one attached hydrogen (secondary N) is 1. The number of nitrogens with zero attached hydrogens (tertiary/aromatic N) is 2. The maximum absolute atomic E-state index is 5.94. The van der Waals surface area contributed by atoms with E-state index >= 15 is 0 Å². The molecule has 0 saturated carbocycles. The van der Waals surface area contributed by atoms with Crippen molar-refractivity contribution in [2.24, 2.45) is 10.7 Å². The summed E-state index contributed by atoms with van der Waals surface area (Å²) in [6.07, 6.45) is 3.63. The first-order valence-electron chi connectivity index (χ1n) is 7.12. The van der Waals surface area contributed by atoms with E-state index in [9.17, 15) is 0 Å². The number of guanidine groups is 1. The predicted octanol–water partition coefficient (Wildman–Crippen LogP) is 3.44. The maximum Gasteiger partial charge on any atom is 0.193 e. The quantitative estimate of drug-likeness (QED) is 0.667.